The van der Waals surface area contributed by atoms with Gasteiger partial charge in [0.1, 0.15) is 5.00 Å². The Balaban J connectivity index is 2.37. The second-order valence-corrected chi connectivity index (χ2v) is 3.65. The molecule has 0 radical (unpaired) electrons. The minimum Gasteiger partial charge on any atom is -0.376 e. The van der Waals surface area contributed by atoms with Crippen molar-refractivity contribution in [1.82, 2.24) is 0 Å². The van der Waals surface area contributed by atoms with Crippen LogP contribution in [0.25, 0.3) is 0 Å². The first-order valence-corrected chi connectivity index (χ1v) is 4.49. The highest BCUT2D eigenvalue weighted by Crippen LogP contribution is 2.32. The maximum Gasteiger partial charge on any atom is 0.241 e. The molecule has 1 aromatic heterocycles. The minimum absolute atomic E-state index is 0.653. The molecule has 2 heterocycles. The van der Waals surface area contributed by atoms with Gasteiger partial charge in [-0.05, 0) is 11.6 Å². The predicted octanol–water partition coefficient (Wildman–Crippen LogP) is 1.79. The lowest BCUT2D eigenvalue weighted by molar-refractivity contribution is 0.112. The summed E-state index contributed by atoms with van der Waals surface area (Å²) in [6.07, 6.45) is 2.48. The molecule has 0 bridgehead atoms. The topological polar surface area (TPSA) is 38.7 Å². The average molecular weight is 181 g/mol. The summed E-state index contributed by atoms with van der Waals surface area (Å²) in [6, 6.07) is 1.89. The molecule has 0 atom stereocenters. The van der Waals surface area contributed by atoms with E-state index in [0.717, 1.165) is 18.0 Å². The summed E-state index contributed by atoms with van der Waals surface area (Å²) >= 11 is 1.55. The van der Waals surface area contributed by atoms with Crippen LogP contribution in [0, 0.1) is 0 Å². The predicted molar refractivity (Wildman–Crippen MR) is 45.5 cm³/mol. The van der Waals surface area contributed by atoms with Gasteiger partial charge in [0.15, 0.2) is 0 Å². The summed E-state index contributed by atoms with van der Waals surface area (Å²) in [5.74, 6) is 0. The van der Waals surface area contributed by atoms with Gasteiger partial charge in [-0.25, -0.2) is 4.79 Å². The number of rotatable bonds is 1. The number of aliphatic imine (C=N–C) groups is 1. The van der Waals surface area contributed by atoms with Gasteiger partial charge in [-0.15, -0.1) is 11.3 Å². The van der Waals surface area contributed by atoms with Crippen LogP contribution < -0.4 is 0 Å². The zero-order chi connectivity index (χ0) is 8.39. The number of thiophene rings is 1. The fourth-order valence-corrected chi connectivity index (χ4v) is 2.20. The molecule has 0 amide bonds. The lowest BCUT2D eigenvalue weighted by Crippen LogP contribution is -2.05. The highest BCUT2D eigenvalue weighted by molar-refractivity contribution is 7.16. The smallest absolute Gasteiger partial charge is 0.241 e. The summed E-state index contributed by atoms with van der Waals surface area (Å²) in [5.41, 5.74) is 1.17. The van der Waals surface area contributed by atoms with Crippen LogP contribution >= 0.6 is 11.3 Å². The van der Waals surface area contributed by atoms with Gasteiger partial charge < -0.3 is 4.74 Å². The monoisotopic (exact) mass is 181 g/mol. The molecule has 0 spiro atoms. The highest BCUT2D eigenvalue weighted by atomic mass is 32.1. The van der Waals surface area contributed by atoms with E-state index < -0.39 is 0 Å². The van der Waals surface area contributed by atoms with Gasteiger partial charge in [0.25, 0.3) is 0 Å². The second kappa shape index (κ2) is 3.19. The van der Waals surface area contributed by atoms with Gasteiger partial charge in [0.05, 0.1) is 13.2 Å². The summed E-state index contributed by atoms with van der Waals surface area (Å²) < 4.78 is 5.25. The fraction of sp³-hybridized carbons (Fsp3) is 0.375. The van der Waals surface area contributed by atoms with E-state index in [1.54, 1.807) is 11.3 Å². The van der Waals surface area contributed by atoms with Crippen LogP contribution in [-0.4, -0.2) is 12.7 Å². The van der Waals surface area contributed by atoms with Crippen LogP contribution in [0.4, 0.5) is 5.00 Å². The molecule has 0 saturated heterocycles. The molecule has 0 unspecified atom stereocenters. The van der Waals surface area contributed by atoms with Crippen molar-refractivity contribution in [3.05, 3.63) is 16.5 Å². The number of hydrogen-bond acceptors (Lipinski definition) is 4. The molecule has 0 N–H and O–H groups in total. The molecule has 2 rings (SSSR count). The molecule has 4 heteroatoms. The van der Waals surface area contributed by atoms with Gasteiger partial charge in [0.2, 0.25) is 6.08 Å². The largest absolute Gasteiger partial charge is 0.376 e. The summed E-state index contributed by atoms with van der Waals surface area (Å²) in [7, 11) is 0. The van der Waals surface area contributed by atoms with Gasteiger partial charge in [-0.2, -0.15) is 4.99 Å². The second-order valence-electron chi connectivity index (χ2n) is 2.54. The minimum atomic E-state index is 0.653. The number of carbonyl (C=O) groups excluding carboxylic acids is 1. The molecule has 0 saturated carbocycles. The van der Waals surface area contributed by atoms with E-state index in [1.165, 1.54) is 16.5 Å². The summed E-state index contributed by atoms with van der Waals surface area (Å²) in [5, 5.41) is 0.737. The molecule has 1 aromatic rings. The fourth-order valence-electron chi connectivity index (χ4n) is 1.23. The summed E-state index contributed by atoms with van der Waals surface area (Å²) in [4.78, 5) is 14.8. The van der Waals surface area contributed by atoms with Crippen LogP contribution in [-0.2, 0) is 22.6 Å². The Morgan fingerprint density at radius 2 is 2.58 bits per heavy atom. The molecule has 12 heavy (non-hydrogen) atoms. The van der Waals surface area contributed by atoms with Crippen LogP contribution in [0.15, 0.2) is 11.1 Å². The van der Waals surface area contributed by atoms with Crippen molar-refractivity contribution in [3.8, 4) is 0 Å². The van der Waals surface area contributed by atoms with E-state index in [-0.39, 0.29) is 0 Å². The standard InChI is InChI=1S/C8H7NO2S/c10-5-9-8-3-6-4-11-2-1-7(6)12-8/h3H,1-2,4H2. The number of ether oxygens (including phenoxy) is 1. The SMILES string of the molecule is O=C=Nc1cc2c(s1)CCOC2. The summed E-state index contributed by atoms with van der Waals surface area (Å²) in [6.45, 7) is 1.43. The average Bonchev–Trinajstić information content (AvgIpc) is 2.47. The van der Waals surface area contributed by atoms with Crippen molar-refractivity contribution in [2.24, 2.45) is 4.99 Å². The van der Waals surface area contributed by atoms with Crippen molar-refractivity contribution in [2.75, 3.05) is 6.61 Å². The third-order valence-electron chi connectivity index (χ3n) is 1.77. The number of isocyanates is 1. The maximum absolute atomic E-state index is 9.97. The Kier molecular flexibility index (Phi) is 2.04. The van der Waals surface area contributed by atoms with E-state index >= 15 is 0 Å². The van der Waals surface area contributed by atoms with Crippen LogP contribution in [0.2, 0.25) is 0 Å². The van der Waals surface area contributed by atoms with Crippen molar-refractivity contribution in [1.29, 1.82) is 0 Å². The quantitative estimate of drug-likeness (QED) is 0.489. The zero-order valence-corrected chi connectivity index (χ0v) is 7.19. The first-order chi connectivity index (χ1) is 5.90. The molecule has 3 nitrogen and oxygen atoms in total. The molecule has 1 aliphatic rings. The molecule has 62 valence electrons. The van der Waals surface area contributed by atoms with E-state index in [1.807, 2.05) is 6.07 Å². The van der Waals surface area contributed by atoms with Gasteiger partial charge in [0, 0.05) is 11.3 Å². The van der Waals surface area contributed by atoms with Gasteiger partial charge in [-0.3, -0.25) is 0 Å². The van der Waals surface area contributed by atoms with Crippen LogP contribution in [0.1, 0.15) is 10.4 Å². The lowest BCUT2D eigenvalue weighted by atomic mass is 10.2. The Hall–Kier alpha value is -0.960. The van der Waals surface area contributed by atoms with E-state index in [0.29, 0.717) is 6.61 Å². The van der Waals surface area contributed by atoms with Crippen molar-refractivity contribution in [2.45, 2.75) is 13.0 Å². The van der Waals surface area contributed by atoms with E-state index in [4.69, 9.17) is 4.74 Å². The van der Waals surface area contributed by atoms with Crippen molar-refractivity contribution in [3.63, 3.8) is 0 Å². The molecule has 0 fully saturated rings. The number of nitrogens with zero attached hydrogens (tertiary/aromatic N) is 1. The molecule has 0 aromatic carbocycles. The first kappa shape index (κ1) is 7.68. The Bertz CT molecular complexity index is 315. The molecule has 1 aliphatic heterocycles. The molecular formula is C8H7NO2S. The third-order valence-corrected chi connectivity index (χ3v) is 2.90. The van der Waals surface area contributed by atoms with E-state index in [9.17, 15) is 4.79 Å². The number of fused-ring (bicyclic) bond motifs is 1. The Morgan fingerprint density at radius 3 is 3.33 bits per heavy atom. The Morgan fingerprint density at radius 1 is 1.67 bits per heavy atom. The van der Waals surface area contributed by atoms with Crippen LogP contribution in [0.3, 0.4) is 0 Å². The van der Waals surface area contributed by atoms with Crippen LogP contribution in [0.5, 0.6) is 0 Å². The maximum atomic E-state index is 9.97. The first-order valence-electron chi connectivity index (χ1n) is 3.67. The van der Waals surface area contributed by atoms with Gasteiger partial charge in [-0.1, -0.05) is 0 Å². The van der Waals surface area contributed by atoms with Gasteiger partial charge >= 0.3 is 0 Å². The zero-order valence-electron chi connectivity index (χ0n) is 6.37. The van der Waals surface area contributed by atoms with Crippen molar-refractivity contribution < 1.29 is 9.53 Å². The number of hydrogen-bond donors (Lipinski definition) is 0. The Labute approximate surface area is 73.7 Å². The third kappa shape index (κ3) is 1.32. The highest BCUT2D eigenvalue weighted by Gasteiger charge is 2.12. The molecular weight excluding hydrogens is 174 g/mol. The van der Waals surface area contributed by atoms with Crippen molar-refractivity contribution >= 4 is 22.4 Å². The lowest BCUT2D eigenvalue weighted by Gasteiger charge is -2.10. The van der Waals surface area contributed by atoms with E-state index in [2.05, 4.69) is 4.99 Å². The molecule has 0 aliphatic carbocycles. The normalized spacial score (nSPS) is 15.0.